The highest BCUT2D eigenvalue weighted by atomic mass is 32.1. The molecule has 1 amide bonds. The summed E-state index contributed by atoms with van der Waals surface area (Å²) in [7, 11) is 0. The van der Waals surface area contributed by atoms with Gasteiger partial charge in [-0.3, -0.25) is 9.69 Å². The predicted molar refractivity (Wildman–Crippen MR) is 175 cm³/mol. The van der Waals surface area contributed by atoms with Crippen molar-refractivity contribution in [2.24, 2.45) is 0 Å². The molecule has 0 unspecified atom stereocenters. The topological polar surface area (TPSA) is 85.7 Å². The van der Waals surface area contributed by atoms with Crippen molar-refractivity contribution in [3.63, 3.8) is 0 Å². The first kappa shape index (κ1) is 38.6. The summed E-state index contributed by atoms with van der Waals surface area (Å²) in [5.41, 5.74) is -4.48. The average Bonchev–Trinajstić information content (AvgIpc) is 3.34. The van der Waals surface area contributed by atoms with Crippen molar-refractivity contribution >= 4 is 28.9 Å². The molecule has 50 heavy (non-hydrogen) atoms. The van der Waals surface area contributed by atoms with Crippen LogP contribution in [0.25, 0.3) is 10.4 Å². The van der Waals surface area contributed by atoms with Gasteiger partial charge in [-0.2, -0.15) is 31.6 Å². The van der Waals surface area contributed by atoms with Gasteiger partial charge in [0.25, 0.3) is 0 Å². The summed E-state index contributed by atoms with van der Waals surface area (Å²) in [6, 6.07) is 7.32. The van der Waals surface area contributed by atoms with E-state index in [1.807, 2.05) is 4.90 Å². The maximum absolute atomic E-state index is 14.1. The molecule has 2 aromatic carbocycles. The monoisotopic (exact) mass is 726 g/mol. The molecule has 0 radical (unpaired) electrons. The minimum Gasteiger partial charge on any atom is -0.444 e. The van der Waals surface area contributed by atoms with E-state index >= 15 is 0 Å². The van der Waals surface area contributed by atoms with Gasteiger partial charge in [0, 0.05) is 37.6 Å². The van der Waals surface area contributed by atoms with Crippen molar-refractivity contribution in [1.29, 1.82) is 5.26 Å². The number of nitriles is 1. The normalized spacial score (nSPS) is 14.8. The Hall–Kier alpha value is -4.16. The first-order valence-corrected chi connectivity index (χ1v) is 16.4. The van der Waals surface area contributed by atoms with Crippen LogP contribution in [0.1, 0.15) is 67.3 Å². The number of aryl methyl sites for hydroxylation is 1. The van der Waals surface area contributed by atoms with Gasteiger partial charge in [-0.25, -0.2) is 9.18 Å². The zero-order valence-corrected chi connectivity index (χ0v) is 29.1. The molecule has 270 valence electrons. The van der Waals surface area contributed by atoms with E-state index in [-0.39, 0.29) is 17.3 Å². The number of nitrogens with zero attached hydrogens (tertiary/aromatic N) is 3. The second-order valence-electron chi connectivity index (χ2n) is 13.6. The fourth-order valence-electron chi connectivity index (χ4n) is 5.43. The number of carbonyl (C=O) groups is 2. The van der Waals surface area contributed by atoms with E-state index in [0.717, 1.165) is 0 Å². The van der Waals surface area contributed by atoms with Crippen LogP contribution in [-0.4, -0.2) is 60.0 Å². The predicted octanol–water partition coefficient (Wildman–Crippen LogP) is 8.78. The molecule has 1 aliphatic heterocycles. The van der Waals surface area contributed by atoms with E-state index in [0.29, 0.717) is 65.7 Å². The standard InChI is InChI=1S/C35H37F7N4O3S/c1-20-13-24(36)7-8-25(20)30-29(26(17-43)27(50-30)19-45-9-11-46(12-10-45)31(48)49-32(2,3)4)44-18-28(47)33(5,6)21-14-22(34(37,38)39)16-23(15-21)35(40,41)42/h7-8,13-16,44H,9-12,18-19H2,1-6H3. The van der Waals surface area contributed by atoms with E-state index in [9.17, 15) is 45.6 Å². The number of anilines is 1. The number of carbonyl (C=O) groups excluding carboxylic acids is 2. The van der Waals surface area contributed by atoms with Crippen LogP contribution in [0, 0.1) is 24.1 Å². The molecule has 7 nitrogen and oxygen atoms in total. The number of amides is 1. The van der Waals surface area contributed by atoms with Crippen LogP contribution in [0.4, 0.5) is 41.2 Å². The van der Waals surface area contributed by atoms with Crippen LogP contribution in [0.5, 0.6) is 0 Å². The van der Waals surface area contributed by atoms with Crippen LogP contribution in [0.15, 0.2) is 36.4 Å². The molecule has 4 rings (SSSR count). The Morgan fingerprint density at radius 3 is 1.96 bits per heavy atom. The van der Waals surface area contributed by atoms with Crippen LogP contribution in [0.2, 0.25) is 0 Å². The number of nitrogens with one attached hydrogen (secondary N) is 1. The zero-order chi connectivity index (χ0) is 37.4. The Labute approximate surface area is 289 Å². The Balaban J connectivity index is 1.64. The maximum Gasteiger partial charge on any atom is 0.416 e. The van der Waals surface area contributed by atoms with Crippen molar-refractivity contribution in [2.75, 3.05) is 38.0 Å². The highest BCUT2D eigenvalue weighted by Gasteiger charge is 2.40. The van der Waals surface area contributed by atoms with E-state index in [1.54, 1.807) is 32.6 Å². The molecule has 1 aromatic heterocycles. The molecular weight excluding hydrogens is 689 g/mol. The van der Waals surface area contributed by atoms with Crippen molar-refractivity contribution in [2.45, 2.75) is 71.5 Å². The van der Waals surface area contributed by atoms with Gasteiger partial charge >= 0.3 is 18.4 Å². The van der Waals surface area contributed by atoms with Gasteiger partial charge in [0.2, 0.25) is 0 Å². The highest BCUT2D eigenvalue weighted by molar-refractivity contribution is 7.16. The zero-order valence-electron chi connectivity index (χ0n) is 28.3. The molecule has 2 heterocycles. The molecule has 0 saturated carbocycles. The minimum absolute atomic E-state index is 0.00307. The lowest BCUT2D eigenvalue weighted by molar-refractivity contribution is -0.143. The average molecular weight is 727 g/mol. The fourth-order valence-corrected chi connectivity index (χ4v) is 6.79. The van der Waals surface area contributed by atoms with Crippen molar-refractivity contribution < 1.29 is 45.1 Å². The van der Waals surface area contributed by atoms with Crippen LogP contribution < -0.4 is 5.32 Å². The summed E-state index contributed by atoms with van der Waals surface area (Å²) in [6.45, 7) is 10.9. The van der Waals surface area contributed by atoms with Crippen LogP contribution >= 0.6 is 11.3 Å². The second kappa shape index (κ2) is 14.2. The number of thiophene rings is 1. The molecule has 1 saturated heterocycles. The molecule has 0 atom stereocenters. The Kier molecular flexibility index (Phi) is 11.0. The number of halogens is 7. The fraction of sp³-hybridized carbons (Fsp3) is 0.457. The van der Waals surface area contributed by atoms with Gasteiger partial charge in [-0.1, -0.05) is 6.07 Å². The number of ether oxygens (including phenoxy) is 1. The van der Waals surface area contributed by atoms with E-state index in [1.165, 1.54) is 43.4 Å². The first-order valence-electron chi connectivity index (χ1n) is 15.6. The highest BCUT2D eigenvalue weighted by Crippen LogP contribution is 2.44. The lowest BCUT2D eigenvalue weighted by Crippen LogP contribution is -2.49. The molecule has 0 aliphatic carbocycles. The van der Waals surface area contributed by atoms with Crippen LogP contribution in [0.3, 0.4) is 0 Å². The number of hydrogen-bond acceptors (Lipinski definition) is 7. The molecule has 1 N–H and O–H groups in total. The summed E-state index contributed by atoms with van der Waals surface area (Å²) >= 11 is 1.24. The number of alkyl halides is 6. The van der Waals surface area contributed by atoms with Gasteiger partial charge < -0.3 is 15.0 Å². The SMILES string of the molecule is Cc1cc(F)ccc1-c1sc(CN2CCN(C(=O)OC(C)(C)C)CC2)c(C#N)c1NCC(=O)C(C)(C)c1cc(C(F)(F)F)cc(C(F)(F)F)c1. The van der Waals surface area contributed by atoms with Crippen molar-refractivity contribution in [3.05, 3.63) is 74.9 Å². The third kappa shape index (κ3) is 8.95. The molecule has 1 fully saturated rings. The number of Topliss-reactive ketones (excluding diaryl/α,β-unsaturated/α-hetero) is 1. The number of piperazine rings is 1. The summed E-state index contributed by atoms with van der Waals surface area (Å²) in [5, 5.41) is 13.3. The van der Waals surface area contributed by atoms with Gasteiger partial charge in [0.05, 0.1) is 39.2 Å². The van der Waals surface area contributed by atoms with Crippen molar-refractivity contribution in [1.82, 2.24) is 9.80 Å². The molecule has 0 spiro atoms. The Bertz CT molecular complexity index is 1760. The molecule has 3 aromatic rings. The molecular formula is C35H37F7N4O3S. The van der Waals surface area contributed by atoms with E-state index in [4.69, 9.17) is 4.74 Å². The van der Waals surface area contributed by atoms with Gasteiger partial charge in [-0.05, 0) is 88.6 Å². The van der Waals surface area contributed by atoms with Crippen LogP contribution in [-0.2, 0) is 33.8 Å². The van der Waals surface area contributed by atoms with Gasteiger partial charge in [0.15, 0.2) is 5.78 Å². The largest absolute Gasteiger partial charge is 0.444 e. The number of ketones is 1. The van der Waals surface area contributed by atoms with E-state index < -0.39 is 64.3 Å². The summed E-state index contributed by atoms with van der Waals surface area (Å²) in [6.07, 6.45) is -10.6. The minimum atomic E-state index is -5.09. The van der Waals surface area contributed by atoms with Gasteiger partial charge in [0.1, 0.15) is 17.5 Å². The number of hydrogen-bond donors (Lipinski definition) is 1. The number of benzene rings is 2. The summed E-state index contributed by atoms with van der Waals surface area (Å²) in [5.74, 6) is -1.22. The van der Waals surface area contributed by atoms with Gasteiger partial charge in [-0.15, -0.1) is 11.3 Å². The van der Waals surface area contributed by atoms with Crippen molar-refractivity contribution in [3.8, 4) is 16.5 Å². The van der Waals surface area contributed by atoms with E-state index in [2.05, 4.69) is 11.4 Å². The molecule has 0 bridgehead atoms. The third-order valence-corrected chi connectivity index (χ3v) is 9.56. The lowest BCUT2D eigenvalue weighted by Gasteiger charge is -2.35. The lowest BCUT2D eigenvalue weighted by atomic mass is 9.79. The molecule has 1 aliphatic rings. The third-order valence-electron chi connectivity index (χ3n) is 8.35. The quantitative estimate of drug-likeness (QED) is 0.234. The summed E-state index contributed by atoms with van der Waals surface area (Å²) in [4.78, 5) is 30.9. The summed E-state index contributed by atoms with van der Waals surface area (Å²) < 4.78 is 101. The second-order valence-corrected chi connectivity index (χ2v) is 14.7. The molecule has 15 heteroatoms. The Morgan fingerprint density at radius 2 is 1.46 bits per heavy atom. The number of rotatable bonds is 8. The smallest absolute Gasteiger partial charge is 0.416 e. The first-order chi connectivity index (χ1) is 23.0. The maximum atomic E-state index is 14.1. The Morgan fingerprint density at radius 1 is 0.900 bits per heavy atom.